The number of aliphatic hydroxyl groups is 1. The Bertz CT molecular complexity index is 897. The Balaban J connectivity index is 1.72. The lowest BCUT2D eigenvalue weighted by Crippen LogP contribution is -2.57. The highest BCUT2D eigenvalue weighted by Gasteiger charge is 2.34. The Morgan fingerprint density at radius 1 is 1.31 bits per heavy atom. The largest absolute Gasteiger partial charge is 0.457 e. The van der Waals surface area contributed by atoms with E-state index >= 15 is 0 Å². The van der Waals surface area contributed by atoms with E-state index in [1.807, 2.05) is 27.7 Å². The van der Waals surface area contributed by atoms with Crippen LogP contribution in [0.4, 0.5) is 4.79 Å². The molecule has 0 aromatic heterocycles. The van der Waals surface area contributed by atoms with E-state index in [0.717, 1.165) is 16.7 Å². The van der Waals surface area contributed by atoms with Gasteiger partial charge in [-0.05, 0) is 44.9 Å². The lowest BCUT2D eigenvalue weighted by Gasteiger charge is -2.42. The molecule has 1 saturated heterocycles. The van der Waals surface area contributed by atoms with E-state index in [2.05, 4.69) is 4.90 Å². The molecular weight excluding hydrogens is 432 g/mol. The summed E-state index contributed by atoms with van der Waals surface area (Å²) in [5.41, 5.74) is 2.42. The molecule has 9 heteroatoms. The van der Waals surface area contributed by atoms with Crippen molar-refractivity contribution in [3.63, 3.8) is 0 Å². The van der Waals surface area contributed by atoms with Crippen LogP contribution in [-0.2, 0) is 20.9 Å². The Morgan fingerprint density at radius 3 is 2.69 bits per heavy atom. The number of thioether (sulfide) groups is 1. The topological polar surface area (TPSA) is 96.4 Å². The van der Waals surface area contributed by atoms with E-state index in [1.165, 1.54) is 18.7 Å². The number of piperazine rings is 1. The summed E-state index contributed by atoms with van der Waals surface area (Å²) < 4.78 is 10.6. The molecule has 8 nitrogen and oxygen atoms in total. The number of ether oxygens (including phenoxy) is 2. The first-order valence-electron chi connectivity index (χ1n) is 10.8. The van der Waals surface area contributed by atoms with Gasteiger partial charge in [0, 0.05) is 50.5 Å². The first-order valence-corrected chi connectivity index (χ1v) is 11.8. The van der Waals surface area contributed by atoms with Gasteiger partial charge in [-0.15, -0.1) is 0 Å². The number of carbonyl (C=O) groups excluding carboxylic acids is 3. The highest BCUT2D eigenvalue weighted by atomic mass is 32.2. The van der Waals surface area contributed by atoms with E-state index in [9.17, 15) is 19.5 Å². The highest BCUT2D eigenvalue weighted by molar-refractivity contribution is 8.13. The van der Waals surface area contributed by atoms with E-state index in [1.54, 1.807) is 17.0 Å². The number of hydrogen-bond acceptors (Lipinski definition) is 8. The summed E-state index contributed by atoms with van der Waals surface area (Å²) >= 11 is 1.22. The van der Waals surface area contributed by atoms with E-state index in [4.69, 9.17) is 9.47 Å². The maximum Gasteiger partial charge on any atom is 0.410 e. The predicted octanol–water partition coefficient (Wildman–Crippen LogP) is 2.90. The fourth-order valence-corrected chi connectivity index (χ4v) is 4.79. The normalized spacial score (nSPS) is 20.0. The van der Waals surface area contributed by atoms with E-state index < -0.39 is 11.7 Å². The number of nitrogens with zero attached hydrogens (tertiary/aromatic N) is 2. The molecule has 2 aliphatic rings. The van der Waals surface area contributed by atoms with E-state index in [-0.39, 0.29) is 29.8 Å². The van der Waals surface area contributed by atoms with Crippen molar-refractivity contribution in [3.05, 3.63) is 34.4 Å². The average Bonchev–Trinajstić information content (AvgIpc) is 3.07. The van der Waals surface area contributed by atoms with Crippen LogP contribution in [0.5, 0.6) is 0 Å². The molecule has 1 N–H and O–H groups in total. The zero-order chi connectivity index (χ0) is 23.6. The number of carbonyl (C=O) groups is 3. The summed E-state index contributed by atoms with van der Waals surface area (Å²) in [7, 11) is 0. The number of β-amino-alcohol motifs (C(OH)–C–C–N with tert-alkyl or cyclic N) is 1. The molecule has 2 aliphatic heterocycles. The number of fused-ring (bicyclic) bond motifs is 1. The molecular formula is C23H32N2O6S. The van der Waals surface area contributed by atoms with Crippen LogP contribution in [-0.4, -0.2) is 75.7 Å². The minimum atomic E-state index is -0.770. The monoisotopic (exact) mass is 464 g/mol. The first-order chi connectivity index (χ1) is 15.0. The molecule has 1 amide bonds. The van der Waals surface area contributed by atoms with Gasteiger partial charge in [0.1, 0.15) is 12.2 Å². The molecule has 0 saturated carbocycles. The third-order valence-corrected chi connectivity index (χ3v) is 6.67. The number of hydrogen-bond donors (Lipinski definition) is 1. The zero-order valence-electron chi connectivity index (χ0n) is 19.3. The van der Waals surface area contributed by atoms with Crippen molar-refractivity contribution in [2.24, 2.45) is 0 Å². The number of aliphatic hydroxyl groups excluding tert-OH is 1. The second-order valence-electron chi connectivity index (χ2n) is 9.28. The molecule has 1 aromatic rings. The van der Waals surface area contributed by atoms with Gasteiger partial charge in [0.2, 0.25) is 0 Å². The molecule has 176 valence electrons. The maximum atomic E-state index is 12.6. The Labute approximate surface area is 193 Å². The van der Waals surface area contributed by atoms with Gasteiger partial charge >= 0.3 is 12.1 Å². The molecule has 1 fully saturated rings. The second kappa shape index (κ2) is 9.80. The van der Waals surface area contributed by atoms with Crippen LogP contribution in [0.1, 0.15) is 60.8 Å². The number of amides is 1. The second-order valence-corrected chi connectivity index (χ2v) is 10.5. The molecule has 2 atom stereocenters. The lowest BCUT2D eigenvalue weighted by atomic mass is 9.95. The SMILES string of the molecule is CC(=O)SCC1CN(C(=O)OC(C)(C)C)CCN1C[C@@H](O)c1ccc2c(c1C)COC2=O. The highest BCUT2D eigenvalue weighted by Crippen LogP contribution is 2.30. The van der Waals surface area contributed by atoms with Crippen LogP contribution >= 0.6 is 11.8 Å². The molecule has 2 heterocycles. The van der Waals surface area contributed by atoms with Crippen LogP contribution in [0.2, 0.25) is 0 Å². The summed E-state index contributed by atoms with van der Waals surface area (Å²) in [6.07, 6.45) is -1.14. The van der Waals surface area contributed by atoms with Gasteiger partial charge in [-0.2, -0.15) is 0 Å². The van der Waals surface area contributed by atoms with Crippen LogP contribution in [0.3, 0.4) is 0 Å². The third kappa shape index (κ3) is 5.82. The van der Waals surface area contributed by atoms with Crippen molar-refractivity contribution in [2.45, 2.75) is 59.0 Å². The maximum absolute atomic E-state index is 12.6. The fourth-order valence-electron chi connectivity index (χ4n) is 4.05. The summed E-state index contributed by atoms with van der Waals surface area (Å²) in [4.78, 5) is 39.7. The summed E-state index contributed by atoms with van der Waals surface area (Å²) in [5.74, 6) is 0.191. The Morgan fingerprint density at radius 2 is 2.03 bits per heavy atom. The zero-order valence-corrected chi connectivity index (χ0v) is 20.2. The number of esters is 1. The van der Waals surface area contributed by atoms with Crippen molar-refractivity contribution in [3.8, 4) is 0 Å². The van der Waals surface area contributed by atoms with Gasteiger partial charge in [0.05, 0.1) is 11.7 Å². The van der Waals surface area contributed by atoms with Crippen molar-refractivity contribution in [1.29, 1.82) is 0 Å². The van der Waals surface area contributed by atoms with Crippen molar-refractivity contribution in [2.75, 3.05) is 31.9 Å². The molecule has 3 rings (SSSR count). The number of benzene rings is 1. The van der Waals surface area contributed by atoms with Crippen LogP contribution in [0, 0.1) is 6.92 Å². The summed E-state index contributed by atoms with van der Waals surface area (Å²) in [6.45, 7) is 11.0. The standard InChI is InChI=1S/C23H32N2O6S/c1-14-17(6-7-18-19(14)12-30-21(18)28)20(27)11-24-8-9-25(22(29)31-23(3,4)5)10-16(24)13-32-15(2)26/h6-7,16,20,27H,8-13H2,1-5H3/t16?,20-/m1/s1. The summed E-state index contributed by atoms with van der Waals surface area (Å²) in [6, 6.07) is 3.39. The van der Waals surface area contributed by atoms with Gasteiger partial charge in [-0.1, -0.05) is 17.8 Å². The third-order valence-electron chi connectivity index (χ3n) is 5.71. The van der Waals surface area contributed by atoms with Crippen LogP contribution in [0.25, 0.3) is 0 Å². The smallest absolute Gasteiger partial charge is 0.410 e. The average molecular weight is 465 g/mol. The molecule has 32 heavy (non-hydrogen) atoms. The molecule has 1 aromatic carbocycles. The Kier molecular flexibility index (Phi) is 7.52. The van der Waals surface area contributed by atoms with Gasteiger partial charge in [0.15, 0.2) is 5.12 Å². The minimum Gasteiger partial charge on any atom is -0.457 e. The molecule has 0 radical (unpaired) electrons. The lowest BCUT2D eigenvalue weighted by molar-refractivity contribution is -0.109. The van der Waals surface area contributed by atoms with Gasteiger partial charge < -0.3 is 19.5 Å². The molecule has 1 unspecified atom stereocenters. The number of cyclic esters (lactones) is 1. The molecule has 0 aliphatic carbocycles. The van der Waals surface area contributed by atoms with Crippen molar-refractivity contribution in [1.82, 2.24) is 9.80 Å². The Hall–Kier alpha value is -2.10. The number of rotatable bonds is 5. The van der Waals surface area contributed by atoms with Gasteiger partial charge in [0.25, 0.3) is 0 Å². The molecule has 0 bridgehead atoms. The first kappa shape index (κ1) is 24.5. The predicted molar refractivity (Wildman–Crippen MR) is 122 cm³/mol. The van der Waals surface area contributed by atoms with Crippen molar-refractivity contribution < 1.29 is 29.0 Å². The fraction of sp³-hybridized carbons (Fsp3) is 0.609. The van der Waals surface area contributed by atoms with Gasteiger partial charge in [-0.3, -0.25) is 9.69 Å². The van der Waals surface area contributed by atoms with Crippen molar-refractivity contribution >= 4 is 28.9 Å². The molecule has 0 spiro atoms. The summed E-state index contributed by atoms with van der Waals surface area (Å²) in [5, 5.41) is 11.0. The van der Waals surface area contributed by atoms with Crippen LogP contribution < -0.4 is 0 Å². The van der Waals surface area contributed by atoms with E-state index in [0.29, 0.717) is 37.5 Å². The van der Waals surface area contributed by atoms with Crippen LogP contribution in [0.15, 0.2) is 12.1 Å². The quantitative estimate of drug-likeness (QED) is 0.665. The van der Waals surface area contributed by atoms with Gasteiger partial charge in [-0.25, -0.2) is 9.59 Å². The minimum absolute atomic E-state index is 0.0130.